The molecule has 2 rings (SSSR count). The van der Waals surface area contributed by atoms with E-state index in [-0.39, 0.29) is 5.91 Å². The lowest BCUT2D eigenvalue weighted by Crippen LogP contribution is -2.20. The molecule has 5 nitrogen and oxygen atoms in total. The first-order valence-corrected chi connectivity index (χ1v) is 8.83. The SMILES string of the molecule is COc1cc(CNC(=O)/C=C/c2ccc(C(C)C)cc2)cc(OC)c1OC. The predicted octanol–water partition coefficient (Wildman–Crippen LogP) is 4.17. The van der Waals surface area contributed by atoms with Gasteiger partial charge in [0.15, 0.2) is 11.5 Å². The quantitative estimate of drug-likeness (QED) is 0.710. The Balaban J connectivity index is 2.00. The van der Waals surface area contributed by atoms with E-state index in [1.54, 1.807) is 27.4 Å². The van der Waals surface area contributed by atoms with E-state index in [0.717, 1.165) is 11.1 Å². The average molecular weight is 369 g/mol. The summed E-state index contributed by atoms with van der Waals surface area (Å²) in [6.45, 7) is 4.66. The van der Waals surface area contributed by atoms with Crippen LogP contribution in [0, 0.1) is 0 Å². The fourth-order valence-corrected chi connectivity index (χ4v) is 2.65. The van der Waals surface area contributed by atoms with Crippen molar-refractivity contribution in [3.8, 4) is 17.2 Å². The molecule has 1 N–H and O–H groups in total. The average Bonchev–Trinajstić information content (AvgIpc) is 2.69. The Morgan fingerprint density at radius 1 is 1.00 bits per heavy atom. The minimum atomic E-state index is -0.170. The molecule has 0 aromatic heterocycles. The first-order valence-electron chi connectivity index (χ1n) is 8.83. The van der Waals surface area contributed by atoms with Crippen molar-refractivity contribution in [2.75, 3.05) is 21.3 Å². The number of nitrogens with one attached hydrogen (secondary N) is 1. The summed E-state index contributed by atoms with van der Waals surface area (Å²) < 4.78 is 16.0. The molecule has 5 heteroatoms. The van der Waals surface area contributed by atoms with Gasteiger partial charge in [0.05, 0.1) is 21.3 Å². The van der Waals surface area contributed by atoms with E-state index in [0.29, 0.717) is 29.7 Å². The van der Waals surface area contributed by atoms with Crippen molar-refractivity contribution in [3.05, 3.63) is 59.2 Å². The van der Waals surface area contributed by atoms with Crippen LogP contribution in [0.3, 0.4) is 0 Å². The number of carbonyl (C=O) groups excluding carboxylic acids is 1. The number of hydrogen-bond donors (Lipinski definition) is 1. The van der Waals surface area contributed by atoms with Gasteiger partial charge in [-0.05, 0) is 40.8 Å². The zero-order chi connectivity index (χ0) is 19.8. The van der Waals surface area contributed by atoms with Crippen LogP contribution < -0.4 is 19.5 Å². The van der Waals surface area contributed by atoms with Gasteiger partial charge in [-0.3, -0.25) is 4.79 Å². The van der Waals surface area contributed by atoms with Crippen molar-refractivity contribution in [2.24, 2.45) is 0 Å². The van der Waals surface area contributed by atoms with Crippen LogP contribution in [0.5, 0.6) is 17.2 Å². The van der Waals surface area contributed by atoms with Crippen LogP contribution >= 0.6 is 0 Å². The van der Waals surface area contributed by atoms with Crippen molar-refractivity contribution in [3.63, 3.8) is 0 Å². The molecule has 0 aliphatic heterocycles. The van der Waals surface area contributed by atoms with Crippen LogP contribution in [0.25, 0.3) is 6.08 Å². The molecule has 0 aliphatic rings. The molecule has 2 aromatic carbocycles. The van der Waals surface area contributed by atoms with Crippen molar-refractivity contribution < 1.29 is 19.0 Å². The van der Waals surface area contributed by atoms with E-state index in [4.69, 9.17) is 14.2 Å². The summed E-state index contributed by atoms with van der Waals surface area (Å²) in [7, 11) is 4.68. The number of amides is 1. The van der Waals surface area contributed by atoms with Crippen molar-refractivity contribution in [1.82, 2.24) is 5.32 Å². The van der Waals surface area contributed by atoms with Crippen molar-refractivity contribution in [2.45, 2.75) is 26.3 Å². The monoisotopic (exact) mass is 369 g/mol. The number of ether oxygens (including phenoxy) is 3. The number of hydrogen-bond acceptors (Lipinski definition) is 4. The fraction of sp³-hybridized carbons (Fsp3) is 0.318. The zero-order valence-electron chi connectivity index (χ0n) is 16.5. The third-order valence-corrected chi connectivity index (χ3v) is 4.22. The fourth-order valence-electron chi connectivity index (χ4n) is 2.65. The van der Waals surface area contributed by atoms with E-state index in [1.807, 2.05) is 24.3 Å². The molecule has 0 heterocycles. The molecule has 0 saturated carbocycles. The first kappa shape index (κ1) is 20.4. The largest absolute Gasteiger partial charge is 0.493 e. The van der Waals surface area contributed by atoms with Gasteiger partial charge in [0.25, 0.3) is 0 Å². The zero-order valence-corrected chi connectivity index (χ0v) is 16.5. The number of benzene rings is 2. The summed E-state index contributed by atoms with van der Waals surface area (Å²) in [5.41, 5.74) is 3.12. The Labute approximate surface area is 161 Å². The van der Waals surface area contributed by atoms with E-state index in [1.165, 1.54) is 11.6 Å². The van der Waals surface area contributed by atoms with Gasteiger partial charge >= 0.3 is 0 Å². The third-order valence-electron chi connectivity index (χ3n) is 4.22. The summed E-state index contributed by atoms with van der Waals surface area (Å²) >= 11 is 0. The molecule has 0 saturated heterocycles. The van der Waals surface area contributed by atoms with Gasteiger partial charge in [0.1, 0.15) is 0 Å². The lowest BCUT2D eigenvalue weighted by atomic mass is 10.0. The second kappa shape index (κ2) is 9.67. The van der Waals surface area contributed by atoms with Crippen LogP contribution in [0.15, 0.2) is 42.5 Å². The molecule has 0 unspecified atom stereocenters. The highest BCUT2D eigenvalue weighted by atomic mass is 16.5. The Morgan fingerprint density at radius 2 is 1.59 bits per heavy atom. The summed E-state index contributed by atoms with van der Waals surface area (Å²) in [5.74, 6) is 1.96. The summed E-state index contributed by atoms with van der Waals surface area (Å²) in [6.07, 6.45) is 3.33. The van der Waals surface area contributed by atoms with Crippen LogP contribution in [-0.4, -0.2) is 27.2 Å². The molecule has 0 fully saturated rings. The normalized spacial score (nSPS) is 10.9. The van der Waals surface area contributed by atoms with Crippen molar-refractivity contribution in [1.29, 1.82) is 0 Å². The highest BCUT2D eigenvalue weighted by Gasteiger charge is 2.13. The smallest absolute Gasteiger partial charge is 0.244 e. The topological polar surface area (TPSA) is 56.8 Å². The predicted molar refractivity (Wildman–Crippen MR) is 108 cm³/mol. The molecule has 27 heavy (non-hydrogen) atoms. The summed E-state index contributed by atoms with van der Waals surface area (Å²) in [6, 6.07) is 11.8. The Hall–Kier alpha value is -2.95. The van der Waals surface area contributed by atoms with Crippen LogP contribution in [0.2, 0.25) is 0 Å². The highest BCUT2D eigenvalue weighted by Crippen LogP contribution is 2.38. The molecule has 0 aliphatic carbocycles. The van der Waals surface area contributed by atoms with E-state index < -0.39 is 0 Å². The van der Waals surface area contributed by atoms with Gasteiger partial charge in [-0.1, -0.05) is 38.1 Å². The van der Waals surface area contributed by atoms with E-state index >= 15 is 0 Å². The maximum atomic E-state index is 12.1. The number of carbonyl (C=O) groups is 1. The van der Waals surface area contributed by atoms with Crippen LogP contribution in [0.1, 0.15) is 36.5 Å². The summed E-state index contributed by atoms with van der Waals surface area (Å²) in [4.78, 5) is 12.1. The minimum Gasteiger partial charge on any atom is -0.493 e. The molecular formula is C22H27NO4. The van der Waals surface area contributed by atoms with Gasteiger partial charge in [0, 0.05) is 12.6 Å². The molecule has 0 bridgehead atoms. The van der Waals surface area contributed by atoms with Gasteiger partial charge < -0.3 is 19.5 Å². The van der Waals surface area contributed by atoms with Crippen molar-refractivity contribution >= 4 is 12.0 Å². The van der Waals surface area contributed by atoms with Gasteiger partial charge in [-0.2, -0.15) is 0 Å². The molecule has 0 radical (unpaired) electrons. The molecule has 0 atom stereocenters. The van der Waals surface area contributed by atoms with Gasteiger partial charge in [-0.25, -0.2) is 0 Å². The van der Waals surface area contributed by atoms with Gasteiger partial charge in [-0.15, -0.1) is 0 Å². The highest BCUT2D eigenvalue weighted by molar-refractivity contribution is 5.91. The molecule has 144 valence electrons. The summed E-state index contributed by atoms with van der Waals surface area (Å²) in [5, 5.41) is 2.86. The van der Waals surface area contributed by atoms with E-state index in [2.05, 4.69) is 31.3 Å². The molecule has 0 spiro atoms. The molecule has 1 amide bonds. The van der Waals surface area contributed by atoms with Crippen LogP contribution in [-0.2, 0) is 11.3 Å². The van der Waals surface area contributed by atoms with E-state index in [9.17, 15) is 4.79 Å². The second-order valence-electron chi connectivity index (χ2n) is 6.41. The Morgan fingerprint density at radius 3 is 2.07 bits per heavy atom. The lowest BCUT2D eigenvalue weighted by Gasteiger charge is -2.14. The minimum absolute atomic E-state index is 0.170. The Bertz CT molecular complexity index is 769. The lowest BCUT2D eigenvalue weighted by molar-refractivity contribution is -0.116. The molecule has 2 aromatic rings. The third kappa shape index (κ3) is 5.51. The number of rotatable bonds is 8. The standard InChI is InChI=1S/C22H27NO4/c1-15(2)18-9-6-16(7-10-18)8-11-21(24)23-14-17-12-19(25-3)22(27-5)20(13-17)26-4/h6-13,15H,14H2,1-5H3,(H,23,24)/b11-8+. The Kier molecular flexibility index (Phi) is 7.29. The number of methoxy groups -OCH3 is 3. The van der Waals surface area contributed by atoms with Gasteiger partial charge in [0.2, 0.25) is 11.7 Å². The second-order valence-corrected chi connectivity index (χ2v) is 6.41. The first-order chi connectivity index (χ1) is 13.0. The maximum absolute atomic E-state index is 12.1. The molecular weight excluding hydrogens is 342 g/mol. The van der Waals surface area contributed by atoms with Crippen LogP contribution in [0.4, 0.5) is 0 Å². The maximum Gasteiger partial charge on any atom is 0.244 e.